The van der Waals surface area contributed by atoms with Crippen molar-refractivity contribution in [1.82, 2.24) is 0 Å². The van der Waals surface area contributed by atoms with Gasteiger partial charge in [0, 0.05) is 0 Å². The minimum Gasteiger partial charge on any atom is -0.465 e. The summed E-state index contributed by atoms with van der Waals surface area (Å²) in [6.07, 6.45) is 11.6. The lowest BCUT2D eigenvalue weighted by Gasteiger charge is -2.29. The first-order valence-electron chi connectivity index (χ1n) is 11.1. The minimum atomic E-state index is -0.473. The molecule has 4 nitrogen and oxygen atoms in total. The normalized spacial score (nSPS) is 20.5. The molecule has 0 aromatic rings. The molecule has 1 rings (SSSR count). The van der Waals surface area contributed by atoms with Gasteiger partial charge >= 0.3 is 11.9 Å². The van der Waals surface area contributed by atoms with Crippen LogP contribution in [-0.2, 0) is 19.1 Å². The summed E-state index contributed by atoms with van der Waals surface area (Å²) in [6.45, 7) is 10.7. The van der Waals surface area contributed by atoms with Crippen LogP contribution in [0.1, 0.15) is 105 Å². The van der Waals surface area contributed by atoms with Crippen molar-refractivity contribution < 1.29 is 19.1 Å². The van der Waals surface area contributed by atoms with E-state index in [0.29, 0.717) is 13.0 Å². The molecular formula is C23H42O4. The third-order valence-electron chi connectivity index (χ3n) is 5.17. The van der Waals surface area contributed by atoms with E-state index in [2.05, 4.69) is 13.8 Å². The maximum absolute atomic E-state index is 12.3. The number of hydrogen-bond donors (Lipinski definition) is 0. The van der Waals surface area contributed by atoms with Gasteiger partial charge in [-0.3, -0.25) is 9.59 Å². The Hall–Kier alpha value is -1.06. The summed E-state index contributed by atoms with van der Waals surface area (Å²) in [4.78, 5) is 24.6. The first kappa shape index (κ1) is 24.0. The molecule has 0 bridgehead atoms. The lowest BCUT2D eigenvalue weighted by atomic mass is 9.81. The van der Waals surface area contributed by atoms with E-state index in [9.17, 15) is 9.59 Å². The van der Waals surface area contributed by atoms with Gasteiger partial charge in [0.15, 0.2) is 0 Å². The number of carbonyl (C=O) groups excluding carboxylic acids is 2. The van der Waals surface area contributed by atoms with Gasteiger partial charge < -0.3 is 9.47 Å². The summed E-state index contributed by atoms with van der Waals surface area (Å²) in [5, 5.41) is 0. The van der Waals surface area contributed by atoms with Crippen molar-refractivity contribution in [3.05, 3.63) is 0 Å². The Morgan fingerprint density at radius 3 is 2.04 bits per heavy atom. The largest absolute Gasteiger partial charge is 0.465 e. The van der Waals surface area contributed by atoms with Crippen molar-refractivity contribution in [3.63, 3.8) is 0 Å². The molecular weight excluding hydrogens is 340 g/mol. The van der Waals surface area contributed by atoms with Gasteiger partial charge in [-0.25, -0.2) is 0 Å². The fourth-order valence-corrected chi connectivity index (χ4v) is 3.66. The number of esters is 2. The zero-order valence-electron chi connectivity index (χ0n) is 18.4. The Morgan fingerprint density at radius 1 is 0.889 bits per heavy atom. The predicted molar refractivity (Wildman–Crippen MR) is 109 cm³/mol. The molecule has 0 radical (unpaired) electrons. The Bertz CT molecular complexity index is 436. The second-order valence-corrected chi connectivity index (χ2v) is 9.57. The Morgan fingerprint density at radius 2 is 1.44 bits per heavy atom. The van der Waals surface area contributed by atoms with E-state index in [1.54, 1.807) is 0 Å². The first-order chi connectivity index (χ1) is 12.7. The SMILES string of the molecule is CC(C)CCCCCCCCOC(=O)C1CCCC(C(=O)OC(C)(C)C)C1. The van der Waals surface area contributed by atoms with Crippen LogP contribution < -0.4 is 0 Å². The molecule has 0 amide bonds. The molecule has 0 N–H and O–H groups in total. The zero-order chi connectivity index (χ0) is 20.3. The van der Waals surface area contributed by atoms with Gasteiger partial charge in [0.25, 0.3) is 0 Å². The zero-order valence-corrected chi connectivity index (χ0v) is 18.4. The number of carbonyl (C=O) groups is 2. The fourth-order valence-electron chi connectivity index (χ4n) is 3.66. The van der Waals surface area contributed by atoms with Crippen molar-refractivity contribution in [3.8, 4) is 0 Å². The monoisotopic (exact) mass is 382 g/mol. The number of ether oxygens (including phenoxy) is 2. The van der Waals surface area contributed by atoms with Crippen LogP contribution >= 0.6 is 0 Å². The van der Waals surface area contributed by atoms with Crippen LogP contribution in [0.5, 0.6) is 0 Å². The number of unbranched alkanes of at least 4 members (excludes halogenated alkanes) is 5. The van der Waals surface area contributed by atoms with E-state index in [4.69, 9.17) is 9.47 Å². The Labute approximate surface area is 166 Å². The molecule has 1 saturated carbocycles. The first-order valence-corrected chi connectivity index (χ1v) is 11.1. The quantitative estimate of drug-likeness (QED) is 0.322. The topological polar surface area (TPSA) is 52.6 Å². The summed E-state index contributed by atoms with van der Waals surface area (Å²) >= 11 is 0. The molecule has 2 atom stereocenters. The standard InChI is InChI=1S/C23H42O4/c1-18(2)13-10-8-6-7-9-11-16-26-21(24)19-14-12-15-20(17-19)22(25)27-23(3,4)5/h18-20H,6-17H2,1-5H3. The molecule has 1 aliphatic carbocycles. The van der Waals surface area contributed by atoms with E-state index in [0.717, 1.165) is 38.0 Å². The van der Waals surface area contributed by atoms with Crippen molar-refractivity contribution in [2.75, 3.05) is 6.61 Å². The molecule has 27 heavy (non-hydrogen) atoms. The number of rotatable bonds is 11. The fraction of sp³-hybridized carbons (Fsp3) is 0.913. The van der Waals surface area contributed by atoms with Gasteiger partial charge in [-0.2, -0.15) is 0 Å². The average Bonchev–Trinajstić information content (AvgIpc) is 2.58. The van der Waals surface area contributed by atoms with Crippen LogP contribution in [0.25, 0.3) is 0 Å². The van der Waals surface area contributed by atoms with Gasteiger partial charge in [0.05, 0.1) is 18.4 Å². The third-order valence-corrected chi connectivity index (χ3v) is 5.17. The second-order valence-electron chi connectivity index (χ2n) is 9.57. The van der Waals surface area contributed by atoms with E-state index in [-0.39, 0.29) is 23.8 Å². The summed E-state index contributed by atoms with van der Waals surface area (Å²) in [5.41, 5.74) is -0.473. The van der Waals surface area contributed by atoms with Gasteiger partial charge in [0.1, 0.15) is 5.60 Å². The van der Waals surface area contributed by atoms with Crippen molar-refractivity contribution in [2.45, 2.75) is 111 Å². The highest BCUT2D eigenvalue weighted by molar-refractivity contribution is 5.76. The van der Waals surface area contributed by atoms with Crippen molar-refractivity contribution in [2.24, 2.45) is 17.8 Å². The second kappa shape index (κ2) is 12.4. The predicted octanol–water partition coefficient (Wildman–Crippen LogP) is 6.06. The highest BCUT2D eigenvalue weighted by Gasteiger charge is 2.34. The van der Waals surface area contributed by atoms with Crippen molar-refractivity contribution in [1.29, 1.82) is 0 Å². The van der Waals surface area contributed by atoms with Crippen LogP contribution in [0.2, 0.25) is 0 Å². The van der Waals surface area contributed by atoms with Gasteiger partial charge in [-0.1, -0.05) is 58.8 Å². The number of hydrogen-bond acceptors (Lipinski definition) is 4. The molecule has 0 aliphatic heterocycles. The highest BCUT2D eigenvalue weighted by Crippen LogP contribution is 2.31. The van der Waals surface area contributed by atoms with E-state index in [1.165, 1.54) is 32.1 Å². The van der Waals surface area contributed by atoms with Gasteiger partial charge in [-0.15, -0.1) is 0 Å². The summed E-state index contributed by atoms with van der Waals surface area (Å²) in [6, 6.07) is 0. The Balaban J connectivity index is 2.15. The molecule has 2 unspecified atom stereocenters. The van der Waals surface area contributed by atoms with Gasteiger partial charge in [0.2, 0.25) is 0 Å². The minimum absolute atomic E-state index is 0.125. The van der Waals surface area contributed by atoms with Crippen LogP contribution in [-0.4, -0.2) is 24.1 Å². The molecule has 1 fully saturated rings. The van der Waals surface area contributed by atoms with E-state index in [1.807, 2.05) is 20.8 Å². The van der Waals surface area contributed by atoms with Crippen LogP contribution in [0.4, 0.5) is 0 Å². The van der Waals surface area contributed by atoms with Crippen molar-refractivity contribution >= 4 is 11.9 Å². The molecule has 0 aromatic carbocycles. The summed E-state index contributed by atoms with van der Waals surface area (Å²) < 4.78 is 11.0. The van der Waals surface area contributed by atoms with Crippen LogP contribution in [0.15, 0.2) is 0 Å². The molecule has 1 aliphatic rings. The lowest BCUT2D eigenvalue weighted by molar-refractivity contribution is -0.163. The maximum Gasteiger partial charge on any atom is 0.309 e. The smallest absolute Gasteiger partial charge is 0.309 e. The van der Waals surface area contributed by atoms with Gasteiger partial charge in [-0.05, 0) is 52.4 Å². The molecule has 0 aromatic heterocycles. The summed E-state index contributed by atoms with van der Waals surface area (Å²) in [5.74, 6) is 0.199. The molecule has 0 spiro atoms. The van der Waals surface area contributed by atoms with Crippen LogP contribution in [0, 0.1) is 17.8 Å². The average molecular weight is 383 g/mol. The third kappa shape index (κ3) is 11.4. The lowest BCUT2D eigenvalue weighted by Crippen LogP contribution is -2.33. The molecule has 0 saturated heterocycles. The van der Waals surface area contributed by atoms with Crippen LogP contribution in [0.3, 0.4) is 0 Å². The maximum atomic E-state index is 12.3. The molecule has 158 valence electrons. The summed E-state index contributed by atoms with van der Waals surface area (Å²) in [7, 11) is 0. The molecule has 0 heterocycles. The van der Waals surface area contributed by atoms with E-state index < -0.39 is 5.60 Å². The Kier molecular flexibility index (Phi) is 11.0. The van der Waals surface area contributed by atoms with E-state index >= 15 is 0 Å². The highest BCUT2D eigenvalue weighted by atomic mass is 16.6. The molecule has 4 heteroatoms.